The van der Waals surface area contributed by atoms with Crippen molar-refractivity contribution in [3.63, 3.8) is 0 Å². The Balaban J connectivity index is 2.14. The maximum atomic E-state index is 2.44. The molecule has 2 heterocycles. The van der Waals surface area contributed by atoms with Crippen LogP contribution in [0.4, 0.5) is 0 Å². The monoisotopic (exact) mass is 210 g/mol. The predicted molar refractivity (Wildman–Crippen MR) is 52.5 cm³/mol. The molecule has 0 fully saturated rings. The molecule has 0 aliphatic carbocycles. The number of allylic oxidation sites excluding steroid dienone is 4. The van der Waals surface area contributed by atoms with E-state index in [4.69, 9.17) is 0 Å². The van der Waals surface area contributed by atoms with Crippen LogP contribution in [0.3, 0.4) is 0 Å². The van der Waals surface area contributed by atoms with Crippen LogP contribution in [0.2, 0.25) is 21.0 Å². The Hall–Kier alpha value is 0.0229. The van der Waals surface area contributed by atoms with Gasteiger partial charge in [-0.05, 0) is 0 Å². The number of hydrogen-bond donors (Lipinski definition) is 0. The zero-order chi connectivity index (χ0) is 7.90. The van der Waals surface area contributed by atoms with Gasteiger partial charge in [0.1, 0.15) is 0 Å². The van der Waals surface area contributed by atoms with Crippen molar-refractivity contribution in [1.29, 1.82) is 0 Å². The zero-order valence-electron chi connectivity index (χ0n) is 7.48. The fraction of sp³-hybridized carbons (Fsp3) is 0.600. The van der Waals surface area contributed by atoms with Gasteiger partial charge in [0.2, 0.25) is 0 Å². The van der Waals surface area contributed by atoms with Crippen LogP contribution < -0.4 is 0 Å². The van der Waals surface area contributed by atoms with Crippen LogP contribution in [0.15, 0.2) is 23.3 Å². The van der Waals surface area contributed by atoms with Crippen molar-refractivity contribution in [2.75, 3.05) is 0 Å². The van der Waals surface area contributed by atoms with Gasteiger partial charge in [-0.25, -0.2) is 0 Å². The molecule has 0 N–H and O–H groups in total. The Morgan fingerprint density at radius 1 is 1.00 bits per heavy atom. The van der Waals surface area contributed by atoms with E-state index in [1.165, 1.54) is 10.5 Å². The summed E-state index contributed by atoms with van der Waals surface area (Å²) in [6, 6.07) is 0. The third-order valence-corrected chi connectivity index (χ3v) is 13.3. The van der Waals surface area contributed by atoms with Crippen LogP contribution in [0.1, 0.15) is 13.8 Å². The van der Waals surface area contributed by atoms with Crippen molar-refractivity contribution in [3.8, 4) is 0 Å². The van der Waals surface area contributed by atoms with Crippen molar-refractivity contribution in [3.05, 3.63) is 23.3 Å². The Morgan fingerprint density at radius 2 is 1.45 bits per heavy atom. The fourth-order valence-electron chi connectivity index (χ4n) is 2.53. The topological polar surface area (TPSA) is 0 Å². The molecule has 0 aromatic rings. The van der Waals surface area contributed by atoms with Crippen molar-refractivity contribution in [2.45, 2.75) is 34.9 Å². The molecule has 11 heavy (non-hydrogen) atoms. The molecule has 0 saturated heterocycles. The minimum absolute atomic E-state index is 1.28. The van der Waals surface area contributed by atoms with Gasteiger partial charge in [0, 0.05) is 0 Å². The molecule has 0 aromatic heterocycles. The van der Waals surface area contributed by atoms with Crippen LogP contribution in [-0.4, -0.2) is 13.3 Å². The van der Waals surface area contributed by atoms with Gasteiger partial charge in [0.15, 0.2) is 0 Å². The van der Waals surface area contributed by atoms with Gasteiger partial charge in [0.25, 0.3) is 0 Å². The van der Waals surface area contributed by atoms with Crippen LogP contribution in [-0.2, 0) is 0 Å². The summed E-state index contributed by atoms with van der Waals surface area (Å²) in [6.07, 6.45) is 4.87. The summed E-state index contributed by atoms with van der Waals surface area (Å²) in [7, 11) is 0. The zero-order valence-corrected chi connectivity index (χ0v) is 9.58. The van der Waals surface area contributed by atoms with E-state index in [0.29, 0.717) is 0 Å². The predicted octanol–water partition coefficient (Wildman–Crippen LogP) is 3.36. The second-order valence-corrected chi connectivity index (χ2v) is 13.8. The summed E-state index contributed by atoms with van der Waals surface area (Å²) in [5, 5.41) is 6.10. The Morgan fingerprint density at radius 3 is 1.91 bits per heavy atom. The quantitative estimate of drug-likeness (QED) is 0.423. The van der Waals surface area contributed by atoms with Crippen LogP contribution in [0, 0.1) is 0 Å². The summed E-state index contributed by atoms with van der Waals surface area (Å²) in [4.78, 5) is 0. The average molecular weight is 209 g/mol. The van der Waals surface area contributed by atoms with Gasteiger partial charge in [-0.15, -0.1) is 0 Å². The van der Waals surface area contributed by atoms with Gasteiger partial charge in [0.05, 0.1) is 0 Å². The van der Waals surface area contributed by atoms with Crippen LogP contribution in [0.25, 0.3) is 0 Å². The molecule has 0 atom stereocenters. The van der Waals surface area contributed by atoms with Gasteiger partial charge < -0.3 is 0 Å². The molecule has 1 heteroatoms. The van der Waals surface area contributed by atoms with E-state index in [9.17, 15) is 0 Å². The molecule has 0 saturated carbocycles. The normalized spacial score (nSPS) is 27.5. The Bertz CT molecular complexity index is 211. The standard InChI is InChI=1S/C10H16Ge/c1-9-7-11(8-10(9)2)5-3-4-6-11/h3-4H,5-8H2,1-2H3. The molecule has 0 radical (unpaired) electrons. The van der Waals surface area contributed by atoms with E-state index in [1.54, 1.807) is 21.7 Å². The van der Waals surface area contributed by atoms with Gasteiger partial charge in [-0.3, -0.25) is 0 Å². The minimum atomic E-state index is -1.28. The van der Waals surface area contributed by atoms with E-state index in [1.807, 2.05) is 0 Å². The molecule has 2 rings (SSSR count). The Labute approximate surface area is 71.7 Å². The first-order valence-corrected chi connectivity index (χ1v) is 10.5. The third kappa shape index (κ3) is 1.22. The Kier molecular flexibility index (Phi) is 1.75. The van der Waals surface area contributed by atoms with Crippen LogP contribution >= 0.6 is 0 Å². The molecular formula is C10H16Ge. The molecule has 1 spiro atoms. The SMILES string of the molecule is CC1=C(C)[CH2][Ge]2([CH2]C=C[CH2]2)[CH2]1. The van der Waals surface area contributed by atoms with E-state index < -0.39 is 13.3 Å². The van der Waals surface area contributed by atoms with Crippen molar-refractivity contribution in [1.82, 2.24) is 0 Å². The van der Waals surface area contributed by atoms with Crippen molar-refractivity contribution < 1.29 is 0 Å². The van der Waals surface area contributed by atoms with E-state index in [-0.39, 0.29) is 0 Å². The van der Waals surface area contributed by atoms with Gasteiger partial charge >= 0.3 is 71.4 Å². The molecular weight excluding hydrogens is 193 g/mol. The average Bonchev–Trinajstić information content (AvgIpc) is 2.46. The van der Waals surface area contributed by atoms with Crippen molar-refractivity contribution in [2.24, 2.45) is 0 Å². The summed E-state index contributed by atoms with van der Waals surface area (Å²) < 4.78 is 0. The summed E-state index contributed by atoms with van der Waals surface area (Å²) >= 11 is -1.28. The van der Waals surface area contributed by atoms with Gasteiger partial charge in [-0.2, -0.15) is 0 Å². The summed E-state index contributed by atoms with van der Waals surface area (Å²) in [5.74, 6) is 0. The van der Waals surface area contributed by atoms with E-state index >= 15 is 0 Å². The van der Waals surface area contributed by atoms with E-state index in [0.717, 1.165) is 0 Å². The molecule has 2 aliphatic heterocycles. The van der Waals surface area contributed by atoms with Crippen LogP contribution in [0.5, 0.6) is 0 Å². The number of hydrogen-bond acceptors (Lipinski definition) is 0. The summed E-state index contributed by atoms with van der Waals surface area (Å²) in [6.45, 7) is 4.68. The molecule has 0 unspecified atom stereocenters. The molecule has 0 aromatic carbocycles. The van der Waals surface area contributed by atoms with E-state index in [2.05, 4.69) is 26.0 Å². The van der Waals surface area contributed by atoms with Crippen molar-refractivity contribution >= 4 is 13.3 Å². The third-order valence-electron chi connectivity index (χ3n) is 3.28. The molecule has 0 amide bonds. The molecule has 60 valence electrons. The number of rotatable bonds is 0. The molecule has 2 aliphatic rings. The fourth-order valence-corrected chi connectivity index (χ4v) is 13.1. The first kappa shape index (κ1) is 7.66. The maximum absolute atomic E-state index is 2.44. The first-order chi connectivity index (χ1) is 5.22. The second kappa shape index (κ2) is 2.51. The first-order valence-electron chi connectivity index (χ1n) is 4.52. The summed E-state index contributed by atoms with van der Waals surface area (Å²) in [5.41, 5.74) is 3.46. The van der Waals surface area contributed by atoms with Gasteiger partial charge in [-0.1, -0.05) is 0 Å². The second-order valence-electron chi connectivity index (χ2n) is 4.29. The molecule has 0 bridgehead atoms. The molecule has 0 nitrogen and oxygen atoms in total.